The van der Waals surface area contributed by atoms with E-state index >= 15 is 0 Å². The number of allylic oxidation sites excluding steroid dienone is 21. The summed E-state index contributed by atoms with van der Waals surface area (Å²) in [5.41, 5.74) is 0. The van der Waals surface area contributed by atoms with Gasteiger partial charge in [-0.25, -0.2) is 4.57 Å². The fourth-order valence-electron chi connectivity index (χ4n) is 5.99. The standard InChI is InChI=1S/C55H91N2O6P/c1-6-8-10-12-14-16-17-18-19-20-21-22-23-24-25-26-27-28-29-30-31-32-33-34-35-36-37-38-39-41-43-45-47-49-55(59)56-53(52-63-64(60,61)62-51-50-57(3,4)5)54(58)48-46-44-42-40-15-13-11-9-7-2/h8,10,14-16,18-19,21-22,24-25,27-28,30-31,33-34,36-37,40,46,48,53-54,58H,6-7,9,11-13,17,20,23,26,29,32,35,38-39,41-45,47,49-52H2,1-5H3,(H-,56,59,60,61)/p+1/b10-8-,16-14-,19-18-,22-21-,25-24-,28-27-,31-30-,34-33-,37-36-,40-15+,48-46+. The summed E-state index contributed by atoms with van der Waals surface area (Å²) in [4.78, 5) is 23.1. The van der Waals surface area contributed by atoms with Crippen LogP contribution in [0.25, 0.3) is 0 Å². The van der Waals surface area contributed by atoms with Crippen molar-refractivity contribution in [2.45, 2.75) is 167 Å². The fourth-order valence-corrected chi connectivity index (χ4v) is 6.72. The van der Waals surface area contributed by atoms with Gasteiger partial charge in [-0.2, -0.15) is 0 Å². The molecule has 3 N–H and O–H groups in total. The van der Waals surface area contributed by atoms with Crippen LogP contribution >= 0.6 is 7.82 Å². The Kier molecular flexibility index (Phi) is 42.5. The maximum atomic E-state index is 12.9. The minimum Gasteiger partial charge on any atom is -0.387 e. The molecule has 8 nitrogen and oxygen atoms in total. The Morgan fingerprint density at radius 1 is 0.547 bits per heavy atom. The zero-order valence-electron chi connectivity index (χ0n) is 41.0. The van der Waals surface area contributed by atoms with Crippen LogP contribution in [0, 0.1) is 0 Å². The predicted octanol–water partition coefficient (Wildman–Crippen LogP) is 14.4. The molecule has 0 aliphatic heterocycles. The molecule has 0 aromatic carbocycles. The second kappa shape index (κ2) is 44.8. The summed E-state index contributed by atoms with van der Waals surface area (Å²) >= 11 is 0. The first-order valence-electron chi connectivity index (χ1n) is 24.6. The number of phosphoric acid groups is 1. The van der Waals surface area contributed by atoms with Crippen LogP contribution in [0.1, 0.15) is 155 Å². The number of rotatable bonds is 42. The van der Waals surface area contributed by atoms with E-state index in [1.165, 1.54) is 19.3 Å². The van der Waals surface area contributed by atoms with Crippen LogP contribution in [-0.4, -0.2) is 73.4 Å². The summed E-state index contributed by atoms with van der Waals surface area (Å²) in [7, 11) is 1.51. The first-order valence-corrected chi connectivity index (χ1v) is 26.1. The summed E-state index contributed by atoms with van der Waals surface area (Å²) in [6.45, 7) is 4.57. The Bertz CT molecular complexity index is 1490. The van der Waals surface area contributed by atoms with E-state index in [1.807, 2.05) is 27.2 Å². The van der Waals surface area contributed by atoms with E-state index in [0.717, 1.165) is 116 Å². The van der Waals surface area contributed by atoms with Crippen LogP contribution in [0.2, 0.25) is 0 Å². The number of hydrogen-bond donors (Lipinski definition) is 3. The minimum atomic E-state index is -4.36. The molecule has 0 aliphatic carbocycles. The lowest BCUT2D eigenvalue weighted by Gasteiger charge is -2.25. The number of carbonyl (C=O) groups excluding carboxylic acids is 1. The van der Waals surface area contributed by atoms with E-state index < -0.39 is 20.0 Å². The number of carbonyl (C=O) groups is 1. The third kappa shape index (κ3) is 46.6. The maximum absolute atomic E-state index is 12.9. The van der Waals surface area contributed by atoms with E-state index in [9.17, 15) is 19.4 Å². The van der Waals surface area contributed by atoms with E-state index in [-0.39, 0.29) is 19.1 Å². The molecule has 64 heavy (non-hydrogen) atoms. The van der Waals surface area contributed by atoms with Gasteiger partial charge in [0.15, 0.2) is 0 Å². The molecule has 0 aromatic heterocycles. The zero-order chi connectivity index (χ0) is 47.1. The highest BCUT2D eigenvalue weighted by atomic mass is 31.2. The van der Waals surface area contributed by atoms with Gasteiger partial charge in [0, 0.05) is 6.42 Å². The maximum Gasteiger partial charge on any atom is 0.472 e. The van der Waals surface area contributed by atoms with E-state index in [2.05, 4.69) is 141 Å². The van der Waals surface area contributed by atoms with Gasteiger partial charge in [-0.1, -0.05) is 180 Å². The third-order valence-electron chi connectivity index (χ3n) is 9.85. The third-order valence-corrected chi connectivity index (χ3v) is 10.8. The SMILES string of the molecule is CC/C=C\C/C=C\C/C=C\C/C=C\C/C=C\C/C=C\C/C=C\C/C=C\C/C=C\CCCCCCCC(=O)NC(COP(=O)(O)OCC[N+](C)(C)C)C(O)/C=C/CC/C=C/CCCCC. The molecule has 9 heteroatoms. The number of phosphoric ester groups is 1. The summed E-state index contributed by atoms with van der Waals surface area (Å²) in [6.07, 6.45) is 68.4. The van der Waals surface area contributed by atoms with Crippen LogP contribution in [0.5, 0.6) is 0 Å². The lowest BCUT2D eigenvalue weighted by atomic mass is 10.1. The highest BCUT2D eigenvalue weighted by Gasteiger charge is 2.27. The molecule has 362 valence electrons. The highest BCUT2D eigenvalue weighted by Crippen LogP contribution is 2.43. The summed E-state index contributed by atoms with van der Waals surface area (Å²) in [5.74, 6) is -0.217. The van der Waals surface area contributed by atoms with Crippen molar-refractivity contribution in [1.82, 2.24) is 5.32 Å². The topological polar surface area (TPSA) is 105 Å². The average Bonchev–Trinajstić information content (AvgIpc) is 3.25. The molecule has 0 saturated carbocycles. The number of amides is 1. The van der Waals surface area contributed by atoms with Crippen LogP contribution in [0.3, 0.4) is 0 Å². The fraction of sp³-hybridized carbons (Fsp3) is 0.582. The van der Waals surface area contributed by atoms with Gasteiger partial charge < -0.3 is 19.8 Å². The average molecular weight is 908 g/mol. The number of aliphatic hydroxyl groups excluding tert-OH is 1. The summed E-state index contributed by atoms with van der Waals surface area (Å²) < 4.78 is 23.5. The molecule has 0 aliphatic rings. The highest BCUT2D eigenvalue weighted by molar-refractivity contribution is 7.47. The molecule has 0 saturated heterocycles. The van der Waals surface area contributed by atoms with Gasteiger partial charge >= 0.3 is 7.82 Å². The van der Waals surface area contributed by atoms with Crippen molar-refractivity contribution < 1.29 is 32.9 Å². The Morgan fingerprint density at radius 2 is 0.953 bits per heavy atom. The molecule has 0 radical (unpaired) electrons. The molecule has 0 heterocycles. The van der Waals surface area contributed by atoms with E-state index in [0.29, 0.717) is 17.4 Å². The smallest absolute Gasteiger partial charge is 0.387 e. The van der Waals surface area contributed by atoms with Crippen molar-refractivity contribution in [3.63, 3.8) is 0 Å². The number of likely N-dealkylation sites (N-methyl/N-ethyl adjacent to an activating group) is 1. The van der Waals surface area contributed by atoms with E-state index in [4.69, 9.17) is 9.05 Å². The monoisotopic (exact) mass is 908 g/mol. The Hall–Kier alpha value is -3.36. The normalized spacial score (nSPS) is 15.3. The Morgan fingerprint density at radius 3 is 1.44 bits per heavy atom. The zero-order valence-corrected chi connectivity index (χ0v) is 41.9. The van der Waals surface area contributed by atoms with Gasteiger partial charge in [0.05, 0.1) is 39.9 Å². The molecule has 0 rings (SSSR count). The molecular formula is C55H92N2O6P+. The molecule has 3 atom stereocenters. The summed E-state index contributed by atoms with van der Waals surface area (Å²) in [6, 6.07) is -0.882. The summed E-state index contributed by atoms with van der Waals surface area (Å²) in [5, 5.41) is 13.7. The molecule has 3 unspecified atom stereocenters. The van der Waals surface area contributed by atoms with Crippen molar-refractivity contribution in [2.75, 3.05) is 40.9 Å². The number of hydrogen-bond acceptors (Lipinski definition) is 5. The van der Waals surface area contributed by atoms with Gasteiger partial charge in [0.1, 0.15) is 13.2 Å². The van der Waals surface area contributed by atoms with Crippen LogP contribution in [0.4, 0.5) is 0 Å². The predicted molar refractivity (Wildman–Crippen MR) is 276 cm³/mol. The lowest BCUT2D eigenvalue weighted by molar-refractivity contribution is -0.870. The molecule has 0 bridgehead atoms. The van der Waals surface area contributed by atoms with Crippen molar-refractivity contribution >= 4 is 13.7 Å². The lowest BCUT2D eigenvalue weighted by Crippen LogP contribution is -2.45. The number of nitrogens with zero attached hydrogens (tertiary/aromatic N) is 1. The number of aliphatic hydroxyl groups is 1. The van der Waals surface area contributed by atoms with Crippen molar-refractivity contribution in [3.05, 3.63) is 134 Å². The number of quaternary nitrogens is 1. The molecule has 0 fully saturated rings. The number of nitrogens with one attached hydrogen (secondary N) is 1. The van der Waals surface area contributed by atoms with Gasteiger partial charge in [-0.05, 0) is 103 Å². The van der Waals surface area contributed by atoms with Gasteiger partial charge in [-0.3, -0.25) is 13.8 Å². The van der Waals surface area contributed by atoms with Gasteiger partial charge in [-0.15, -0.1) is 0 Å². The second-order valence-electron chi connectivity index (χ2n) is 17.1. The van der Waals surface area contributed by atoms with E-state index in [1.54, 1.807) is 6.08 Å². The van der Waals surface area contributed by atoms with Crippen molar-refractivity contribution in [2.24, 2.45) is 0 Å². The Labute approximate surface area is 392 Å². The van der Waals surface area contributed by atoms with Crippen LogP contribution in [-0.2, 0) is 18.4 Å². The van der Waals surface area contributed by atoms with Crippen LogP contribution in [0.15, 0.2) is 134 Å². The Balaban J connectivity index is 4.24. The first kappa shape index (κ1) is 60.6. The van der Waals surface area contributed by atoms with Crippen molar-refractivity contribution in [1.29, 1.82) is 0 Å². The quantitative estimate of drug-likeness (QED) is 0.0244. The van der Waals surface area contributed by atoms with Crippen molar-refractivity contribution in [3.8, 4) is 0 Å². The first-order chi connectivity index (χ1) is 31.0. The van der Waals surface area contributed by atoms with Gasteiger partial charge in [0.25, 0.3) is 0 Å². The second-order valence-corrected chi connectivity index (χ2v) is 18.5. The number of unbranched alkanes of at least 4 members (excludes halogenated alkanes) is 9. The largest absolute Gasteiger partial charge is 0.472 e. The molecule has 1 amide bonds. The minimum absolute atomic E-state index is 0.0437. The van der Waals surface area contributed by atoms with Gasteiger partial charge in [0.2, 0.25) is 5.91 Å². The molecule has 0 aromatic rings. The molecule has 0 spiro atoms. The van der Waals surface area contributed by atoms with Crippen LogP contribution < -0.4 is 5.32 Å². The molecular weight excluding hydrogens is 816 g/mol.